The molecular weight excluding hydrogens is 252 g/mol. The van der Waals surface area contributed by atoms with Crippen LogP contribution in [0.2, 0.25) is 0 Å². The van der Waals surface area contributed by atoms with Crippen molar-refractivity contribution >= 4 is 11.6 Å². The molecule has 0 saturated heterocycles. The topological polar surface area (TPSA) is 43.4 Å². The Bertz CT molecular complexity index is 724. The predicted molar refractivity (Wildman–Crippen MR) is 75.0 cm³/mol. The molecule has 3 heteroatoms. The van der Waals surface area contributed by atoms with Crippen molar-refractivity contribution in [3.05, 3.63) is 77.1 Å². The van der Waals surface area contributed by atoms with Crippen LogP contribution < -0.4 is 4.74 Å². The van der Waals surface area contributed by atoms with Crippen molar-refractivity contribution in [3.8, 4) is 5.75 Å². The molecule has 0 amide bonds. The number of carbonyl (C=O) groups is 2. The highest BCUT2D eigenvalue weighted by Crippen LogP contribution is 2.24. The first kappa shape index (κ1) is 12.4. The highest BCUT2D eigenvalue weighted by molar-refractivity contribution is 6.23. The van der Waals surface area contributed by atoms with E-state index in [1.54, 1.807) is 36.4 Å². The zero-order valence-corrected chi connectivity index (χ0v) is 10.9. The number of benzene rings is 2. The van der Waals surface area contributed by atoms with E-state index >= 15 is 0 Å². The first-order valence-electron chi connectivity index (χ1n) is 6.29. The Morgan fingerprint density at radius 2 is 1.50 bits per heavy atom. The maximum atomic E-state index is 12.3. The summed E-state index contributed by atoms with van der Waals surface area (Å²) in [6.45, 7) is 1.97. The van der Waals surface area contributed by atoms with Gasteiger partial charge < -0.3 is 4.74 Å². The Hall–Kier alpha value is -2.68. The number of allylic oxidation sites excluding steroid dienone is 2. The lowest BCUT2D eigenvalue weighted by Crippen LogP contribution is -2.20. The van der Waals surface area contributed by atoms with E-state index in [0.717, 1.165) is 5.56 Å². The molecule has 0 fully saturated rings. The number of carbonyl (C=O) groups excluding carboxylic acids is 2. The largest absolute Gasteiger partial charge is 0.453 e. The zero-order chi connectivity index (χ0) is 14.1. The second-order valence-corrected chi connectivity index (χ2v) is 4.66. The van der Waals surface area contributed by atoms with E-state index < -0.39 is 0 Å². The molecule has 2 aromatic rings. The van der Waals surface area contributed by atoms with Gasteiger partial charge in [0.2, 0.25) is 5.78 Å². The van der Waals surface area contributed by atoms with Crippen molar-refractivity contribution in [2.24, 2.45) is 0 Å². The molecule has 1 aliphatic carbocycles. The Kier molecular flexibility index (Phi) is 2.95. The number of ketones is 2. The van der Waals surface area contributed by atoms with Crippen LogP contribution >= 0.6 is 0 Å². The summed E-state index contributed by atoms with van der Waals surface area (Å²) in [5.41, 5.74) is 1.92. The lowest BCUT2D eigenvalue weighted by atomic mass is 9.94. The summed E-state index contributed by atoms with van der Waals surface area (Å²) in [5, 5.41) is 0. The summed E-state index contributed by atoms with van der Waals surface area (Å²) in [5.74, 6) is 0.142. The van der Waals surface area contributed by atoms with E-state index in [-0.39, 0.29) is 17.3 Å². The molecule has 0 spiro atoms. The first-order chi connectivity index (χ1) is 9.65. The van der Waals surface area contributed by atoms with E-state index in [4.69, 9.17) is 4.74 Å². The quantitative estimate of drug-likeness (QED) is 0.835. The molecule has 0 heterocycles. The van der Waals surface area contributed by atoms with Crippen LogP contribution in [0.5, 0.6) is 5.75 Å². The van der Waals surface area contributed by atoms with Crippen LogP contribution in [-0.2, 0) is 0 Å². The standard InChI is InChI=1S/C17H12O3/c1-11-6-8-12(9-7-11)20-16-10-15(18)13-4-2-3-5-14(13)17(16)19/h2-10H,1H3. The average Bonchev–Trinajstić information content (AvgIpc) is 2.47. The Labute approximate surface area is 116 Å². The molecule has 0 radical (unpaired) electrons. The second kappa shape index (κ2) is 4.78. The minimum absolute atomic E-state index is 0.0672. The number of fused-ring (bicyclic) bond motifs is 1. The van der Waals surface area contributed by atoms with Gasteiger partial charge in [0, 0.05) is 17.2 Å². The monoisotopic (exact) mass is 264 g/mol. The van der Waals surface area contributed by atoms with Crippen molar-refractivity contribution in [2.75, 3.05) is 0 Å². The molecule has 1 aliphatic rings. The fourth-order valence-electron chi connectivity index (χ4n) is 2.10. The van der Waals surface area contributed by atoms with Gasteiger partial charge in [0.1, 0.15) is 5.75 Å². The van der Waals surface area contributed by atoms with Gasteiger partial charge >= 0.3 is 0 Å². The van der Waals surface area contributed by atoms with Gasteiger partial charge in [-0.3, -0.25) is 9.59 Å². The fraction of sp³-hybridized carbons (Fsp3) is 0.0588. The van der Waals surface area contributed by atoms with E-state index in [2.05, 4.69) is 0 Å². The SMILES string of the molecule is Cc1ccc(OC2=CC(=O)c3ccccc3C2=O)cc1. The number of ether oxygens (including phenoxy) is 1. The summed E-state index contributed by atoms with van der Waals surface area (Å²) in [7, 11) is 0. The summed E-state index contributed by atoms with van der Waals surface area (Å²) in [6.07, 6.45) is 1.25. The van der Waals surface area contributed by atoms with Gasteiger partial charge in [-0.05, 0) is 19.1 Å². The number of hydrogen-bond acceptors (Lipinski definition) is 3. The van der Waals surface area contributed by atoms with Crippen LogP contribution in [-0.4, -0.2) is 11.6 Å². The Morgan fingerprint density at radius 1 is 0.850 bits per heavy atom. The maximum Gasteiger partial charge on any atom is 0.229 e. The smallest absolute Gasteiger partial charge is 0.229 e. The molecule has 0 atom stereocenters. The fourth-order valence-corrected chi connectivity index (χ4v) is 2.10. The van der Waals surface area contributed by atoms with Crippen molar-refractivity contribution in [3.63, 3.8) is 0 Å². The van der Waals surface area contributed by atoms with E-state index in [0.29, 0.717) is 16.9 Å². The number of hydrogen-bond donors (Lipinski definition) is 0. The molecule has 20 heavy (non-hydrogen) atoms. The minimum atomic E-state index is -0.263. The molecule has 2 aromatic carbocycles. The number of rotatable bonds is 2. The van der Waals surface area contributed by atoms with Crippen LogP contribution in [0.3, 0.4) is 0 Å². The normalized spacial score (nSPS) is 13.8. The van der Waals surface area contributed by atoms with Gasteiger partial charge in [0.05, 0.1) is 0 Å². The van der Waals surface area contributed by atoms with E-state index in [9.17, 15) is 9.59 Å². The van der Waals surface area contributed by atoms with Crippen LogP contribution in [0.15, 0.2) is 60.4 Å². The molecule has 3 rings (SSSR count). The van der Waals surface area contributed by atoms with Crippen LogP contribution in [0.1, 0.15) is 26.3 Å². The van der Waals surface area contributed by atoms with E-state index in [1.807, 2.05) is 19.1 Å². The molecule has 98 valence electrons. The third-order valence-corrected chi connectivity index (χ3v) is 3.17. The van der Waals surface area contributed by atoms with Gasteiger partial charge in [-0.25, -0.2) is 0 Å². The summed E-state index contributed by atoms with van der Waals surface area (Å²) < 4.78 is 5.54. The Morgan fingerprint density at radius 3 is 2.20 bits per heavy atom. The third-order valence-electron chi connectivity index (χ3n) is 3.17. The number of Topliss-reactive ketones (excluding diaryl/α,β-unsaturated/α-hetero) is 1. The highest BCUT2D eigenvalue weighted by atomic mass is 16.5. The lowest BCUT2D eigenvalue weighted by molar-refractivity contribution is 0.0947. The molecule has 0 saturated carbocycles. The van der Waals surface area contributed by atoms with Crippen molar-refractivity contribution in [2.45, 2.75) is 6.92 Å². The van der Waals surface area contributed by atoms with Gasteiger partial charge in [-0.1, -0.05) is 42.0 Å². The first-order valence-corrected chi connectivity index (χ1v) is 6.29. The van der Waals surface area contributed by atoms with Gasteiger partial charge in [0.15, 0.2) is 11.5 Å². The minimum Gasteiger partial charge on any atom is -0.453 e. The van der Waals surface area contributed by atoms with Crippen molar-refractivity contribution < 1.29 is 14.3 Å². The van der Waals surface area contributed by atoms with Gasteiger partial charge in [-0.2, -0.15) is 0 Å². The molecule has 0 N–H and O–H groups in total. The molecule has 3 nitrogen and oxygen atoms in total. The van der Waals surface area contributed by atoms with Crippen LogP contribution in [0.25, 0.3) is 0 Å². The molecule has 0 aliphatic heterocycles. The summed E-state index contributed by atoms with van der Waals surface area (Å²) >= 11 is 0. The number of aryl methyl sites for hydroxylation is 1. The Balaban J connectivity index is 1.94. The predicted octanol–water partition coefficient (Wildman–Crippen LogP) is 3.34. The summed E-state index contributed by atoms with van der Waals surface area (Å²) in [4.78, 5) is 24.3. The van der Waals surface area contributed by atoms with Crippen molar-refractivity contribution in [1.82, 2.24) is 0 Å². The second-order valence-electron chi connectivity index (χ2n) is 4.66. The average molecular weight is 264 g/mol. The van der Waals surface area contributed by atoms with E-state index in [1.165, 1.54) is 6.08 Å². The van der Waals surface area contributed by atoms with Gasteiger partial charge in [0.25, 0.3) is 0 Å². The molecular formula is C17H12O3. The third kappa shape index (κ3) is 2.14. The van der Waals surface area contributed by atoms with Crippen LogP contribution in [0.4, 0.5) is 0 Å². The highest BCUT2D eigenvalue weighted by Gasteiger charge is 2.26. The maximum absolute atomic E-state index is 12.3. The van der Waals surface area contributed by atoms with Gasteiger partial charge in [-0.15, -0.1) is 0 Å². The molecule has 0 unspecified atom stereocenters. The molecule has 0 bridgehead atoms. The lowest BCUT2D eigenvalue weighted by Gasteiger charge is -2.15. The zero-order valence-electron chi connectivity index (χ0n) is 10.9. The summed E-state index contributed by atoms with van der Waals surface area (Å²) in [6, 6.07) is 14.1. The van der Waals surface area contributed by atoms with Crippen molar-refractivity contribution in [1.29, 1.82) is 0 Å². The van der Waals surface area contributed by atoms with Crippen LogP contribution in [0, 0.1) is 6.92 Å². The molecule has 0 aromatic heterocycles.